The molecule has 0 amide bonds. The SMILES string of the molecule is CC1=CCC(F)C=C1C1CCC(CCCCP)CC1C. The van der Waals surface area contributed by atoms with Crippen LogP contribution in [-0.4, -0.2) is 12.3 Å². The Morgan fingerprint density at radius 3 is 2.80 bits per heavy atom. The van der Waals surface area contributed by atoms with Crippen molar-refractivity contribution in [3.05, 3.63) is 23.3 Å². The van der Waals surface area contributed by atoms with Gasteiger partial charge in [0, 0.05) is 6.42 Å². The van der Waals surface area contributed by atoms with E-state index in [-0.39, 0.29) is 0 Å². The Morgan fingerprint density at radius 1 is 1.30 bits per heavy atom. The third-order valence-corrected chi connectivity index (χ3v) is 5.62. The molecule has 0 N–H and O–H groups in total. The minimum atomic E-state index is -0.749. The number of hydrogen-bond acceptors (Lipinski definition) is 0. The first-order valence-electron chi connectivity index (χ1n) is 8.34. The van der Waals surface area contributed by atoms with Crippen LogP contribution < -0.4 is 0 Å². The van der Waals surface area contributed by atoms with Crippen LogP contribution in [-0.2, 0) is 0 Å². The highest BCUT2D eigenvalue weighted by molar-refractivity contribution is 7.16. The number of allylic oxidation sites excluding steroid dienone is 4. The van der Waals surface area contributed by atoms with Gasteiger partial charge in [-0.15, -0.1) is 9.24 Å². The van der Waals surface area contributed by atoms with Crippen molar-refractivity contribution in [2.75, 3.05) is 6.16 Å². The molecule has 0 radical (unpaired) electrons. The summed E-state index contributed by atoms with van der Waals surface area (Å²) < 4.78 is 13.6. The molecule has 0 aromatic carbocycles. The van der Waals surface area contributed by atoms with Crippen molar-refractivity contribution in [2.45, 2.75) is 65.0 Å². The molecule has 1 fully saturated rings. The summed E-state index contributed by atoms with van der Waals surface area (Å²) in [6, 6.07) is 0. The van der Waals surface area contributed by atoms with Crippen molar-refractivity contribution in [1.82, 2.24) is 0 Å². The van der Waals surface area contributed by atoms with Gasteiger partial charge in [0.25, 0.3) is 0 Å². The Bertz CT molecular complexity index is 372. The van der Waals surface area contributed by atoms with Crippen LogP contribution in [0.5, 0.6) is 0 Å². The molecule has 0 aromatic heterocycles. The van der Waals surface area contributed by atoms with Crippen molar-refractivity contribution in [2.24, 2.45) is 17.8 Å². The highest BCUT2D eigenvalue weighted by Crippen LogP contribution is 2.42. The lowest BCUT2D eigenvalue weighted by molar-refractivity contribution is 0.208. The summed E-state index contributed by atoms with van der Waals surface area (Å²) in [5, 5.41) is 0. The van der Waals surface area contributed by atoms with Crippen LogP contribution in [0.3, 0.4) is 0 Å². The molecule has 0 nitrogen and oxygen atoms in total. The summed E-state index contributed by atoms with van der Waals surface area (Å²) in [6.45, 7) is 4.54. The number of unbranched alkanes of at least 4 members (excludes halogenated alkanes) is 1. The van der Waals surface area contributed by atoms with Crippen LogP contribution in [0.4, 0.5) is 4.39 Å². The van der Waals surface area contributed by atoms with E-state index in [0.29, 0.717) is 18.3 Å². The predicted octanol–water partition coefficient (Wildman–Crippen LogP) is 5.70. The van der Waals surface area contributed by atoms with Gasteiger partial charge >= 0.3 is 0 Å². The summed E-state index contributed by atoms with van der Waals surface area (Å²) in [5.41, 5.74) is 2.65. The minimum Gasteiger partial charge on any atom is -0.243 e. The van der Waals surface area contributed by atoms with Gasteiger partial charge in [-0.2, -0.15) is 0 Å². The average Bonchev–Trinajstić information content (AvgIpc) is 2.42. The van der Waals surface area contributed by atoms with Crippen molar-refractivity contribution >= 4 is 9.24 Å². The van der Waals surface area contributed by atoms with E-state index in [1.807, 2.05) is 6.08 Å². The Kier molecular flexibility index (Phi) is 6.27. The zero-order valence-electron chi connectivity index (χ0n) is 13.1. The lowest BCUT2D eigenvalue weighted by Gasteiger charge is -2.37. The first-order chi connectivity index (χ1) is 9.61. The smallest absolute Gasteiger partial charge is 0.122 e. The van der Waals surface area contributed by atoms with Gasteiger partial charge in [-0.1, -0.05) is 31.4 Å². The van der Waals surface area contributed by atoms with Gasteiger partial charge in [0.05, 0.1) is 0 Å². The van der Waals surface area contributed by atoms with Crippen LogP contribution in [0.2, 0.25) is 0 Å². The van der Waals surface area contributed by atoms with E-state index < -0.39 is 6.17 Å². The summed E-state index contributed by atoms with van der Waals surface area (Å²) in [4.78, 5) is 0. The van der Waals surface area contributed by atoms with Gasteiger partial charge < -0.3 is 0 Å². The fourth-order valence-corrected chi connectivity index (χ4v) is 4.32. The molecule has 2 aliphatic rings. The molecule has 2 heteroatoms. The molecule has 114 valence electrons. The molecule has 0 saturated heterocycles. The van der Waals surface area contributed by atoms with Crippen LogP contribution >= 0.6 is 9.24 Å². The van der Waals surface area contributed by atoms with Gasteiger partial charge in [-0.25, -0.2) is 4.39 Å². The molecule has 20 heavy (non-hydrogen) atoms. The standard InChI is InChI=1S/C18H30FP/c1-13-6-8-16(19)12-18(13)17-9-7-15(11-14(17)2)5-3-4-10-20/h6,12,14-17H,3-5,7-11,20H2,1-2H3. The summed E-state index contributed by atoms with van der Waals surface area (Å²) in [6.07, 6.45) is 13.1. The first-order valence-corrected chi connectivity index (χ1v) is 9.16. The van der Waals surface area contributed by atoms with E-state index in [2.05, 4.69) is 29.2 Å². The fourth-order valence-electron chi connectivity index (χ4n) is 4.03. The highest BCUT2D eigenvalue weighted by atomic mass is 31.0. The lowest BCUT2D eigenvalue weighted by atomic mass is 9.68. The van der Waals surface area contributed by atoms with Gasteiger partial charge in [0.1, 0.15) is 6.17 Å². The van der Waals surface area contributed by atoms with Gasteiger partial charge in [0.2, 0.25) is 0 Å². The number of rotatable bonds is 5. The monoisotopic (exact) mass is 296 g/mol. The maximum atomic E-state index is 13.6. The first kappa shape index (κ1) is 16.2. The second kappa shape index (κ2) is 7.74. The zero-order valence-corrected chi connectivity index (χ0v) is 14.2. The Labute approximate surface area is 126 Å². The maximum absolute atomic E-state index is 13.6. The van der Waals surface area contributed by atoms with Crippen LogP contribution in [0, 0.1) is 17.8 Å². The van der Waals surface area contributed by atoms with Crippen molar-refractivity contribution in [1.29, 1.82) is 0 Å². The van der Waals surface area contributed by atoms with Gasteiger partial charge in [-0.3, -0.25) is 0 Å². The summed E-state index contributed by atoms with van der Waals surface area (Å²) in [7, 11) is 2.82. The molecule has 1 saturated carbocycles. The molecule has 2 aliphatic carbocycles. The predicted molar refractivity (Wildman–Crippen MR) is 89.8 cm³/mol. The molecule has 0 heterocycles. The summed E-state index contributed by atoms with van der Waals surface area (Å²) >= 11 is 0. The van der Waals surface area contributed by atoms with E-state index >= 15 is 0 Å². The van der Waals surface area contributed by atoms with Crippen LogP contribution in [0.25, 0.3) is 0 Å². The van der Waals surface area contributed by atoms with Crippen LogP contribution in [0.1, 0.15) is 58.8 Å². The third kappa shape index (κ3) is 4.17. The van der Waals surface area contributed by atoms with Gasteiger partial charge in [0.15, 0.2) is 0 Å². The molecule has 5 atom stereocenters. The van der Waals surface area contributed by atoms with Crippen LogP contribution in [0.15, 0.2) is 23.3 Å². The molecule has 0 spiro atoms. The molecular formula is C18H30FP. The van der Waals surface area contributed by atoms with Crippen molar-refractivity contribution in [3.8, 4) is 0 Å². The lowest BCUT2D eigenvalue weighted by Crippen LogP contribution is -2.26. The Hall–Kier alpha value is -0.160. The van der Waals surface area contributed by atoms with E-state index in [0.717, 1.165) is 5.92 Å². The fraction of sp³-hybridized carbons (Fsp3) is 0.778. The maximum Gasteiger partial charge on any atom is 0.122 e. The zero-order chi connectivity index (χ0) is 14.5. The normalized spacial score (nSPS) is 34.6. The third-order valence-electron chi connectivity index (χ3n) is 5.21. The molecule has 0 bridgehead atoms. The second-order valence-corrected chi connectivity index (χ2v) is 7.39. The molecule has 0 aliphatic heterocycles. The Balaban J connectivity index is 1.91. The Morgan fingerprint density at radius 2 is 2.10 bits per heavy atom. The second-order valence-electron chi connectivity index (χ2n) is 6.81. The van der Waals surface area contributed by atoms with E-state index in [4.69, 9.17) is 0 Å². The van der Waals surface area contributed by atoms with E-state index in [1.54, 1.807) is 0 Å². The number of halogens is 1. The largest absolute Gasteiger partial charge is 0.243 e. The van der Waals surface area contributed by atoms with Crippen molar-refractivity contribution < 1.29 is 4.39 Å². The molecule has 2 rings (SSSR count). The number of hydrogen-bond donors (Lipinski definition) is 0. The molecule has 5 unspecified atom stereocenters. The van der Waals surface area contributed by atoms with E-state index in [1.165, 1.54) is 55.8 Å². The average molecular weight is 296 g/mol. The molecular weight excluding hydrogens is 266 g/mol. The summed E-state index contributed by atoms with van der Waals surface area (Å²) in [5.74, 6) is 2.22. The minimum absolute atomic E-state index is 0.577. The molecule has 0 aromatic rings. The van der Waals surface area contributed by atoms with Gasteiger partial charge in [-0.05, 0) is 68.2 Å². The topological polar surface area (TPSA) is 0 Å². The quantitative estimate of drug-likeness (QED) is 0.451. The van der Waals surface area contributed by atoms with E-state index in [9.17, 15) is 4.39 Å². The highest BCUT2D eigenvalue weighted by Gasteiger charge is 2.31. The van der Waals surface area contributed by atoms with Crippen molar-refractivity contribution in [3.63, 3.8) is 0 Å². The number of alkyl halides is 1.